The molecule has 0 saturated carbocycles. The molecule has 0 radical (unpaired) electrons. The van der Waals surface area contributed by atoms with Crippen molar-refractivity contribution < 1.29 is 15.0 Å². The van der Waals surface area contributed by atoms with Crippen LogP contribution >= 0.6 is 0 Å². The molecule has 0 bridgehead atoms. The fourth-order valence-electron chi connectivity index (χ4n) is 2.90. The van der Waals surface area contributed by atoms with Crippen molar-refractivity contribution in [3.8, 4) is 5.75 Å². The van der Waals surface area contributed by atoms with E-state index < -0.39 is 5.97 Å². The Hall–Kier alpha value is -2.30. The summed E-state index contributed by atoms with van der Waals surface area (Å²) in [5.41, 5.74) is 0. The number of phenolic OH excluding ortho intramolecular Hbond substituents is 1. The summed E-state index contributed by atoms with van der Waals surface area (Å²) in [5.74, 6) is 0.174. The third-order valence-electron chi connectivity index (χ3n) is 3.79. The largest absolute Gasteiger partial charge is 0.508 e. The van der Waals surface area contributed by atoms with E-state index in [0.29, 0.717) is 0 Å². The number of hydrogen-bond acceptors (Lipinski definition) is 4. The first-order chi connectivity index (χ1) is 9.65. The van der Waals surface area contributed by atoms with E-state index in [1.807, 2.05) is 12.1 Å². The number of anilines is 1. The maximum Gasteiger partial charge on any atom is 0.305 e. The number of aromatic hydroxyl groups is 1. The van der Waals surface area contributed by atoms with Gasteiger partial charge in [-0.2, -0.15) is 0 Å². The molecule has 2 heterocycles. The van der Waals surface area contributed by atoms with Crippen LogP contribution in [0.5, 0.6) is 5.75 Å². The predicted molar refractivity (Wildman–Crippen MR) is 76.0 cm³/mol. The van der Waals surface area contributed by atoms with Crippen molar-refractivity contribution in [3.05, 3.63) is 30.5 Å². The van der Waals surface area contributed by atoms with Crippen molar-refractivity contribution >= 4 is 22.6 Å². The van der Waals surface area contributed by atoms with E-state index in [1.54, 1.807) is 18.3 Å². The number of benzene rings is 1. The molecule has 1 aliphatic heterocycles. The molecule has 5 nitrogen and oxygen atoms in total. The van der Waals surface area contributed by atoms with Crippen molar-refractivity contribution in [1.29, 1.82) is 0 Å². The van der Waals surface area contributed by atoms with E-state index in [0.717, 1.165) is 36.0 Å². The molecule has 1 unspecified atom stereocenters. The van der Waals surface area contributed by atoms with Gasteiger partial charge in [-0.15, -0.1) is 0 Å². The molecule has 5 heteroatoms. The van der Waals surface area contributed by atoms with Gasteiger partial charge in [-0.25, -0.2) is 4.98 Å². The number of nitrogens with zero attached hydrogens (tertiary/aromatic N) is 2. The summed E-state index contributed by atoms with van der Waals surface area (Å²) in [6.07, 6.45) is 3.68. The van der Waals surface area contributed by atoms with Crippen molar-refractivity contribution in [2.24, 2.45) is 0 Å². The second kappa shape index (κ2) is 5.00. The van der Waals surface area contributed by atoms with E-state index in [2.05, 4.69) is 9.88 Å². The van der Waals surface area contributed by atoms with Gasteiger partial charge >= 0.3 is 5.97 Å². The number of fused-ring (bicyclic) bond motifs is 1. The van der Waals surface area contributed by atoms with Gasteiger partial charge < -0.3 is 15.1 Å². The van der Waals surface area contributed by atoms with Gasteiger partial charge in [0, 0.05) is 24.2 Å². The van der Waals surface area contributed by atoms with Crippen LogP contribution in [0.4, 0.5) is 5.82 Å². The van der Waals surface area contributed by atoms with Crippen LogP contribution in [-0.2, 0) is 4.79 Å². The lowest BCUT2D eigenvalue weighted by molar-refractivity contribution is -0.137. The summed E-state index contributed by atoms with van der Waals surface area (Å²) >= 11 is 0. The molecule has 3 rings (SSSR count). The van der Waals surface area contributed by atoms with Crippen molar-refractivity contribution in [2.45, 2.75) is 25.3 Å². The van der Waals surface area contributed by atoms with Crippen molar-refractivity contribution in [2.75, 3.05) is 11.4 Å². The van der Waals surface area contributed by atoms with Gasteiger partial charge in [0.25, 0.3) is 0 Å². The number of hydrogen-bond donors (Lipinski definition) is 2. The molecule has 20 heavy (non-hydrogen) atoms. The maximum absolute atomic E-state index is 11.0. The Kier molecular flexibility index (Phi) is 3.18. The number of rotatable bonds is 3. The second-order valence-electron chi connectivity index (χ2n) is 5.13. The summed E-state index contributed by atoms with van der Waals surface area (Å²) in [6.45, 7) is 0.805. The van der Waals surface area contributed by atoms with Gasteiger partial charge in [0.05, 0.1) is 6.42 Å². The van der Waals surface area contributed by atoms with Crippen LogP contribution in [0, 0.1) is 0 Å². The number of carboxylic acid groups (broad SMARTS) is 1. The first-order valence-corrected chi connectivity index (χ1v) is 6.71. The molecule has 0 amide bonds. The summed E-state index contributed by atoms with van der Waals surface area (Å²) in [4.78, 5) is 17.4. The topological polar surface area (TPSA) is 73.7 Å². The zero-order valence-corrected chi connectivity index (χ0v) is 11.0. The molecule has 104 valence electrons. The van der Waals surface area contributed by atoms with Crippen LogP contribution in [-0.4, -0.2) is 33.8 Å². The zero-order valence-electron chi connectivity index (χ0n) is 11.0. The fraction of sp³-hybridized carbons (Fsp3) is 0.333. The van der Waals surface area contributed by atoms with E-state index in [9.17, 15) is 9.90 Å². The zero-order chi connectivity index (χ0) is 14.1. The minimum absolute atomic E-state index is 0.0204. The Morgan fingerprint density at radius 1 is 1.40 bits per heavy atom. The Morgan fingerprint density at radius 3 is 3.05 bits per heavy atom. The Balaban J connectivity index is 2.04. The number of carbonyl (C=O) groups is 1. The monoisotopic (exact) mass is 272 g/mol. The molecular formula is C15H16N2O3. The van der Waals surface area contributed by atoms with Gasteiger partial charge in [0.1, 0.15) is 11.6 Å². The highest BCUT2D eigenvalue weighted by Gasteiger charge is 2.28. The smallest absolute Gasteiger partial charge is 0.305 e. The molecule has 2 N–H and O–H groups in total. The molecule has 0 spiro atoms. The fourth-order valence-corrected chi connectivity index (χ4v) is 2.90. The van der Waals surface area contributed by atoms with E-state index in [-0.39, 0.29) is 18.2 Å². The van der Waals surface area contributed by atoms with Gasteiger partial charge in [-0.05, 0) is 36.4 Å². The van der Waals surface area contributed by atoms with Crippen LogP contribution < -0.4 is 4.90 Å². The lowest BCUT2D eigenvalue weighted by Crippen LogP contribution is -2.32. The highest BCUT2D eigenvalue weighted by molar-refractivity contribution is 5.93. The lowest BCUT2D eigenvalue weighted by atomic mass is 10.1. The average Bonchev–Trinajstić information content (AvgIpc) is 2.85. The van der Waals surface area contributed by atoms with E-state index >= 15 is 0 Å². The first-order valence-electron chi connectivity index (χ1n) is 6.71. The summed E-state index contributed by atoms with van der Waals surface area (Å²) in [6, 6.07) is 7.05. The number of pyridine rings is 1. The molecule has 2 aromatic rings. The van der Waals surface area contributed by atoms with Crippen molar-refractivity contribution in [1.82, 2.24) is 4.98 Å². The number of aliphatic carboxylic acids is 1. The normalized spacial score (nSPS) is 18.6. The second-order valence-corrected chi connectivity index (χ2v) is 5.13. The maximum atomic E-state index is 11.0. The Labute approximate surface area is 116 Å². The van der Waals surface area contributed by atoms with Crippen LogP contribution in [0.15, 0.2) is 30.5 Å². The molecule has 1 aliphatic rings. The van der Waals surface area contributed by atoms with Gasteiger partial charge in [-0.3, -0.25) is 4.79 Å². The van der Waals surface area contributed by atoms with Crippen LogP contribution in [0.25, 0.3) is 10.8 Å². The van der Waals surface area contributed by atoms with Gasteiger partial charge in [-0.1, -0.05) is 6.07 Å². The van der Waals surface area contributed by atoms with E-state index in [4.69, 9.17) is 5.11 Å². The molecule has 1 aromatic carbocycles. The third-order valence-corrected chi connectivity index (χ3v) is 3.79. The van der Waals surface area contributed by atoms with Gasteiger partial charge in [0.15, 0.2) is 0 Å². The first kappa shape index (κ1) is 12.7. The number of carboxylic acids is 1. The third kappa shape index (κ3) is 2.27. The highest BCUT2D eigenvalue weighted by atomic mass is 16.4. The number of aromatic nitrogens is 1. The summed E-state index contributed by atoms with van der Waals surface area (Å²) in [5, 5.41) is 20.5. The summed E-state index contributed by atoms with van der Waals surface area (Å²) < 4.78 is 0. The molecule has 1 atom stereocenters. The van der Waals surface area contributed by atoms with Crippen molar-refractivity contribution in [3.63, 3.8) is 0 Å². The standard InChI is InChI=1S/C15H16N2O3/c18-12-4-3-10-5-6-16-15(13(10)9-12)17-7-1-2-11(17)8-14(19)20/h3-6,9,11,18H,1-2,7-8H2,(H,19,20). The van der Waals surface area contributed by atoms with Gasteiger partial charge in [0.2, 0.25) is 0 Å². The Bertz CT molecular complexity index is 657. The van der Waals surface area contributed by atoms with E-state index in [1.165, 1.54) is 0 Å². The SMILES string of the molecule is O=C(O)CC1CCCN1c1nccc2ccc(O)cc12. The molecule has 0 aliphatic carbocycles. The minimum Gasteiger partial charge on any atom is -0.508 e. The lowest BCUT2D eigenvalue weighted by Gasteiger charge is -2.25. The average molecular weight is 272 g/mol. The van der Waals surface area contributed by atoms with Crippen LogP contribution in [0.3, 0.4) is 0 Å². The molecular weight excluding hydrogens is 256 g/mol. The molecule has 1 saturated heterocycles. The van der Waals surface area contributed by atoms with Crippen LogP contribution in [0.1, 0.15) is 19.3 Å². The predicted octanol–water partition coefficient (Wildman–Crippen LogP) is 2.38. The Morgan fingerprint density at radius 2 is 2.25 bits per heavy atom. The molecule has 1 fully saturated rings. The van der Waals surface area contributed by atoms with Crippen LogP contribution in [0.2, 0.25) is 0 Å². The highest BCUT2D eigenvalue weighted by Crippen LogP contribution is 2.33. The number of phenols is 1. The quantitative estimate of drug-likeness (QED) is 0.897. The summed E-state index contributed by atoms with van der Waals surface area (Å²) in [7, 11) is 0. The molecule has 1 aromatic heterocycles. The minimum atomic E-state index is -0.787.